The molecule has 23 heavy (non-hydrogen) atoms. The Morgan fingerprint density at radius 3 is 2.30 bits per heavy atom. The Bertz CT molecular complexity index is 479. The highest BCUT2D eigenvalue weighted by Gasteiger charge is 2.28. The van der Waals surface area contributed by atoms with Crippen LogP contribution in [-0.2, 0) is 0 Å². The van der Waals surface area contributed by atoms with E-state index in [2.05, 4.69) is 10.2 Å². The van der Waals surface area contributed by atoms with Gasteiger partial charge in [0.05, 0.1) is 6.10 Å². The predicted molar refractivity (Wildman–Crippen MR) is 90.8 cm³/mol. The quantitative estimate of drug-likeness (QED) is 0.874. The Morgan fingerprint density at radius 2 is 1.70 bits per heavy atom. The van der Waals surface area contributed by atoms with Gasteiger partial charge in [-0.1, -0.05) is 25.0 Å². The molecule has 1 saturated carbocycles. The summed E-state index contributed by atoms with van der Waals surface area (Å²) in [5.41, 5.74) is 0.773. The van der Waals surface area contributed by atoms with Gasteiger partial charge in [-0.05, 0) is 63.4 Å². The number of aliphatic hydroxyl groups excluding tert-OH is 1. The summed E-state index contributed by atoms with van der Waals surface area (Å²) in [6.07, 6.45) is 7.24. The highest BCUT2D eigenvalue weighted by Crippen LogP contribution is 2.26. The van der Waals surface area contributed by atoms with Crippen molar-refractivity contribution in [3.63, 3.8) is 0 Å². The number of benzene rings is 1. The van der Waals surface area contributed by atoms with Crippen LogP contribution in [0.4, 0.5) is 4.39 Å². The molecule has 0 aromatic heterocycles. The maximum atomic E-state index is 13.0. The topological polar surface area (TPSA) is 35.5 Å². The normalized spacial score (nSPS) is 24.0. The van der Waals surface area contributed by atoms with E-state index in [1.54, 1.807) is 12.1 Å². The van der Waals surface area contributed by atoms with E-state index in [0.29, 0.717) is 6.04 Å². The van der Waals surface area contributed by atoms with Crippen LogP contribution in [-0.4, -0.2) is 41.2 Å². The van der Waals surface area contributed by atoms with E-state index in [4.69, 9.17) is 0 Å². The molecule has 1 aromatic carbocycles. The van der Waals surface area contributed by atoms with E-state index in [-0.39, 0.29) is 11.9 Å². The molecule has 2 fully saturated rings. The second-order valence-corrected chi connectivity index (χ2v) is 7.20. The summed E-state index contributed by atoms with van der Waals surface area (Å²) < 4.78 is 13.0. The van der Waals surface area contributed by atoms with Crippen molar-refractivity contribution in [2.24, 2.45) is 0 Å². The van der Waals surface area contributed by atoms with Crippen molar-refractivity contribution >= 4 is 0 Å². The standard InChI is InChI=1S/C19H29FN2O/c1-14(19(23)15-6-8-16(20)9-7-15)21-17-10-12-22(13-11-17)18-4-2-3-5-18/h6-9,14,17-19,21,23H,2-5,10-13H2,1H3/t14-,19-/m0/s1. The van der Waals surface area contributed by atoms with Crippen molar-refractivity contribution in [1.82, 2.24) is 10.2 Å². The van der Waals surface area contributed by atoms with Gasteiger partial charge in [-0.25, -0.2) is 4.39 Å². The first-order valence-corrected chi connectivity index (χ1v) is 9.07. The van der Waals surface area contributed by atoms with Gasteiger partial charge in [0.2, 0.25) is 0 Å². The van der Waals surface area contributed by atoms with Gasteiger partial charge in [0.25, 0.3) is 0 Å². The zero-order valence-electron chi connectivity index (χ0n) is 14.0. The molecule has 0 radical (unpaired) electrons. The highest BCUT2D eigenvalue weighted by atomic mass is 19.1. The van der Waals surface area contributed by atoms with E-state index in [0.717, 1.165) is 24.4 Å². The molecule has 0 bridgehead atoms. The smallest absolute Gasteiger partial charge is 0.123 e. The Morgan fingerprint density at radius 1 is 1.09 bits per heavy atom. The van der Waals surface area contributed by atoms with Gasteiger partial charge in [0.15, 0.2) is 0 Å². The Hall–Kier alpha value is -0.970. The van der Waals surface area contributed by atoms with Crippen LogP contribution in [0, 0.1) is 5.82 Å². The SMILES string of the molecule is C[C@H](NC1CCN(C2CCCC2)CC1)[C@H](O)c1ccc(F)cc1. The van der Waals surface area contributed by atoms with Crippen LogP contribution in [0.3, 0.4) is 0 Å². The summed E-state index contributed by atoms with van der Waals surface area (Å²) in [5, 5.41) is 14.0. The molecule has 2 N–H and O–H groups in total. The highest BCUT2D eigenvalue weighted by molar-refractivity contribution is 5.19. The minimum Gasteiger partial charge on any atom is -0.387 e. The van der Waals surface area contributed by atoms with Crippen LogP contribution in [0.1, 0.15) is 57.1 Å². The third-order valence-corrected chi connectivity index (χ3v) is 5.55. The lowest BCUT2D eigenvalue weighted by Crippen LogP contribution is -2.49. The molecule has 0 unspecified atom stereocenters. The van der Waals surface area contributed by atoms with Gasteiger partial charge in [-0.3, -0.25) is 0 Å². The fourth-order valence-corrected chi connectivity index (χ4v) is 4.11. The van der Waals surface area contributed by atoms with Crippen LogP contribution in [0.25, 0.3) is 0 Å². The minimum absolute atomic E-state index is 0.0245. The zero-order valence-corrected chi connectivity index (χ0v) is 14.0. The first-order chi connectivity index (χ1) is 11.1. The maximum absolute atomic E-state index is 13.0. The van der Waals surface area contributed by atoms with Crippen LogP contribution in [0.15, 0.2) is 24.3 Å². The molecule has 0 amide bonds. The predicted octanol–water partition coefficient (Wildman–Crippen LogP) is 3.24. The van der Waals surface area contributed by atoms with Crippen molar-refractivity contribution in [3.05, 3.63) is 35.6 Å². The van der Waals surface area contributed by atoms with Crippen LogP contribution < -0.4 is 5.32 Å². The van der Waals surface area contributed by atoms with Crippen molar-refractivity contribution in [2.75, 3.05) is 13.1 Å². The molecule has 3 rings (SSSR count). The van der Waals surface area contributed by atoms with Crippen molar-refractivity contribution in [3.8, 4) is 0 Å². The lowest BCUT2D eigenvalue weighted by Gasteiger charge is -2.37. The third kappa shape index (κ3) is 4.31. The number of hydrogen-bond acceptors (Lipinski definition) is 3. The molecule has 4 heteroatoms. The molecular weight excluding hydrogens is 291 g/mol. The van der Waals surface area contributed by atoms with Gasteiger partial charge >= 0.3 is 0 Å². The van der Waals surface area contributed by atoms with E-state index < -0.39 is 6.10 Å². The zero-order chi connectivity index (χ0) is 16.2. The minimum atomic E-state index is -0.594. The van der Waals surface area contributed by atoms with Crippen LogP contribution in [0.2, 0.25) is 0 Å². The van der Waals surface area contributed by atoms with Gasteiger partial charge < -0.3 is 15.3 Å². The molecule has 1 aliphatic carbocycles. The molecule has 2 aliphatic rings. The molecule has 2 atom stereocenters. The number of nitrogens with one attached hydrogen (secondary N) is 1. The molecule has 1 aliphatic heterocycles. The van der Waals surface area contributed by atoms with Crippen LogP contribution >= 0.6 is 0 Å². The molecule has 128 valence electrons. The Kier molecular flexibility index (Phi) is 5.67. The Labute approximate surface area is 138 Å². The third-order valence-electron chi connectivity index (χ3n) is 5.55. The summed E-state index contributed by atoms with van der Waals surface area (Å²) in [6.45, 7) is 4.35. The number of likely N-dealkylation sites (tertiary alicyclic amines) is 1. The lowest BCUT2D eigenvalue weighted by atomic mass is 9.98. The second kappa shape index (κ2) is 7.73. The van der Waals surface area contributed by atoms with Crippen molar-refractivity contribution in [1.29, 1.82) is 0 Å². The van der Waals surface area contributed by atoms with Gasteiger partial charge in [0.1, 0.15) is 5.82 Å². The molecule has 1 aromatic rings. The number of nitrogens with zero attached hydrogens (tertiary/aromatic N) is 1. The first kappa shape index (κ1) is 16.9. The van der Waals surface area contributed by atoms with E-state index in [9.17, 15) is 9.50 Å². The summed E-state index contributed by atoms with van der Waals surface area (Å²) in [5.74, 6) is -0.263. The van der Waals surface area contributed by atoms with E-state index in [1.165, 1.54) is 50.9 Å². The lowest BCUT2D eigenvalue weighted by molar-refractivity contribution is 0.104. The maximum Gasteiger partial charge on any atom is 0.123 e. The average Bonchev–Trinajstić information content (AvgIpc) is 3.10. The van der Waals surface area contributed by atoms with Crippen molar-refractivity contribution < 1.29 is 9.50 Å². The number of aliphatic hydroxyl groups is 1. The Balaban J connectivity index is 1.46. The number of piperidine rings is 1. The molecular formula is C19H29FN2O. The second-order valence-electron chi connectivity index (χ2n) is 7.20. The molecule has 0 spiro atoms. The van der Waals surface area contributed by atoms with E-state index >= 15 is 0 Å². The summed E-state index contributed by atoms with van der Waals surface area (Å²) in [7, 11) is 0. The average molecular weight is 320 g/mol. The summed E-state index contributed by atoms with van der Waals surface area (Å²) in [4.78, 5) is 2.66. The van der Waals surface area contributed by atoms with Crippen LogP contribution in [0.5, 0.6) is 0 Å². The first-order valence-electron chi connectivity index (χ1n) is 9.07. The van der Waals surface area contributed by atoms with Crippen molar-refractivity contribution in [2.45, 2.75) is 69.7 Å². The molecule has 3 nitrogen and oxygen atoms in total. The van der Waals surface area contributed by atoms with Gasteiger partial charge in [-0.2, -0.15) is 0 Å². The van der Waals surface area contributed by atoms with Gasteiger partial charge in [0, 0.05) is 18.1 Å². The largest absolute Gasteiger partial charge is 0.387 e. The molecule has 1 saturated heterocycles. The van der Waals surface area contributed by atoms with E-state index in [1.807, 2.05) is 6.92 Å². The fraction of sp³-hybridized carbons (Fsp3) is 0.684. The summed E-state index contributed by atoms with van der Waals surface area (Å²) >= 11 is 0. The molecule has 1 heterocycles. The number of halogens is 1. The monoisotopic (exact) mass is 320 g/mol. The number of rotatable bonds is 5. The fourth-order valence-electron chi connectivity index (χ4n) is 4.11. The summed E-state index contributed by atoms with van der Waals surface area (Å²) in [6, 6.07) is 7.41. The number of hydrogen-bond donors (Lipinski definition) is 2. The van der Waals surface area contributed by atoms with Gasteiger partial charge in [-0.15, -0.1) is 0 Å².